The lowest BCUT2D eigenvalue weighted by Crippen LogP contribution is -2.23. The SMILES string of the molecule is CCN(CC)Cc1ncc(C)c(N)c1C. The first kappa shape index (κ1) is 12.0. The van der Waals surface area contributed by atoms with Gasteiger partial charge in [0.1, 0.15) is 0 Å². The van der Waals surface area contributed by atoms with Gasteiger partial charge in [0.15, 0.2) is 0 Å². The lowest BCUT2D eigenvalue weighted by molar-refractivity contribution is 0.291. The lowest BCUT2D eigenvalue weighted by Gasteiger charge is -2.19. The fourth-order valence-corrected chi connectivity index (χ4v) is 1.61. The van der Waals surface area contributed by atoms with Crippen molar-refractivity contribution in [2.45, 2.75) is 34.2 Å². The molecular weight excluding hydrogens is 186 g/mol. The van der Waals surface area contributed by atoms with E-state index >= 15 is 0 Å². The van der Waals surface area contributed by atoms with Crippen LogP contribution in [0.4, 0.5) is 5.69 Å². The van der Waals surface area contributed by atoms with E-state index < -0.39 is 0 Å². The van der Waals surface area contributed by atoms with Crippen LogP contribution in [0.5, 0.6) is 0 Å². The van der Waals surface area contributed by atoms with E-state index in [1.165, 1.54) is 0 Å². The van der Waals surface area contributed by atoms with Gasteiger partial charge in [-0.05, 0) is 38.1 Å². The maximum absolute atomic E-state index is 5.98. The Morgan fingerprint density at radius 2 is 1.87 bits per heavy atom. The molecule has 1 aromatic heterocycles. The molecule has 1 rings (SSSR count). The summed E-state index contributed by atoms with van der Waals surface area (Å²) in [4.78, 5) is 6.79. The number of aromatic nitrogens is 1. The predicted molar refractivity (Wildman–Crippen MR) is 64.7 cm³/mol. The van der Waals surface area contributed by atoms with Gasteiger partial charge >= 0.3 is 0 Å². The van der Waals surface area contributed by atoms with Gasteiger partial charge in [0.2, 0.25) is 0 Å². The van der Waals surface area contributed by atoms with Gasteiger partial charge in [-0.3, -0.25) is 9.88 Å². The molecule has 0 spiro atoms. The van der Waals surface area contributed by atoms with Crippen LogP contribution in [0.15, 0.2) is 6.20 Å². The molecule has 3 heteroatoms. The maximum atomic E-state index is 5.98. The smallest absolute Gasteiger partial charge is 0.0593 e. The van der Waals surface area contributed by atoms with E-state index in [-0.39, 0.29) is 0 Å². The monoisotopic (exact) mass is 207 g/mol. The van der Waals surface area contributed by atoms with Crippen LogP contribution in [0.2, 0.25) is 0 Å². The fraction of sp³-hybridized carbons (Fsp3) is 0.583. The van der Waals surface area contributed by atoms with E-state index in [4.69, 9.17) is 5.73 Å². The summed E-state index contributed by atoms with van der Waals surface area (Å²) in [6.07, 6.45) is 1.86. The van der Waals surface area contributed by atoms with Crippen molar-refractivity contribution in [1.82, 2.24) is 9.88 Å². The molecule has 0 amide bonds. The molecule has 1 aromatic rings. The van der Waals surface area contributed by atoms with Crippen LogP contribution >= 0.6 is 0 Å². The molecule has 0 atom stereocenters. The molecule has 0 bridgehead atoms. The minimum atomic E-state index is 0.882. The van der Waals surface area contributed by atoms with Gasteiger partial charge < -0.3 is 5.73 Å². The van der Waals surface area contributed by atoms with E-state index in [9.17, 15) is 0 Å². The number of nitrogens with two attached hydrogens (primary N) is 1. The summed E-state index contributed by atoms with van der Waals surface area (Å²) in [5.41, 5.74) is 10.2. The Kier molecular flexibility index (Phi) is 4.09. The summed E-state index contributed by atoms with van der Waals surface area (Å²) in [6.45, 7) is 11.4. The zero-order chi connectivity index (χ0) is 11.4. The highest BCUT2D eigenvalue weighted by Crippen LogP contribution is 2.18. The largest absolute Gasteiger partial charge is 0.398 e. The number of pyridine rings is 1. The molecule has 0 aromatic carbocycles. The van der Waals surface area contributed by atoms with Gasteiger partial charge in [0.25, 0.3) is 0 Å². The zero-order valence-corrected chi connectivity index (χ0v) is 10.2. The van der Waals surface area contributed by atoms with Crippen LogP contribution in [-0.4, -0.2) is 23.0 Å². The number of nitrogen functional groups attached to an aromatic ring is 1. The molecule has 2 N–H and O–H groups in total. The second-order valence-electron chi connectivity index (χ2n) is 3.89. The lowest BCUT2D eigenvalue weighted by atomic mass is 10.1. The second kappa shape index (κ2) is 5.12. The molecule has 15 heavy (non-hydrogen) atoms. The van der Waals surface area contributed by atoms with Crippen LogP contribution < -0.4 is 5.73 Å². The predicted octanol–water partition coefficient (Wildman–Crippen LogP) is 2.12. The van der Waals surface area contributed by atoms with Crippen molar-refractivity contribution in [2.24, 2.45) is 0 Å². The molecule has 0 saturated heterocycles. The van der Waals surface area contributed by atoms with Crippen LogP contribution in [-0.2, 0) is 6.54 Å². The van der Waals surface area contributed by atoms with E-state index in [0.29, 0.717) is 0 Å². The van der Waals surface area contributed by atoms with Gasteiger partial charge in [-0.1, -0.05) is 13.8 Å². The first-order chi connectivity index (χ1) is 7.10. The number of rotatable bonds is 4. The number of hydrogen-bond donors (Lipinski definition) is 1. The summed E-state index contributed by atoms with van der Waals surface area (Å²) < 4.78 is 0. The van der Waals surface area contributed by atoms with Gasteiger partial charge in [0.05, 0.1) is 5.69 Å². The zero-order valence-electron chi connectivity index (χ0n) is 10.2. The maximum Gasteiger partial charge on any atom is 0.0593 e. The second-order valence-corrected chi connectivity index (χ2v) is 3.89. The van der Waals surface area contributed by atoms with Crippen molar-refractivity contribution < 1.29 is 0 Å². The molecular formula is C12H21N3. The summed E-state index contributed by atoms with van der Waals surface area (Å²) in [5.74, 6) is 0. The van der Waals surface area contributed by atoms with Crippen molar-refractivity contribution in [3.8, 4) is 0 Å². The number of nitrogens with zero attached hydrogens (tertiary/aromatic N) is 2. The van der Waals surface area contributed by atoms with Crippen molar-refractivity contribution >= 4 is 5.69 Å². The van der Waals surface area contributed by atoms with E-state index in [1.54, 1.807) is 0 Å². The van der Waals surface area contributed by atoms with Crippen molar-refractivity contribution in [1.29, 1.82) is 0 Å². The summed E-state index contributed by atoms with van der Waals surface area (Å²) in [6, 6.07) is 0. The van der Waals surface area contributed by atoms with E-state index in [0.717, 1.165) is 42.1 Å². The average molecular weight is 207 g/mol. The Balaban J connectivity index is 2.91. The summed E-state index contributed by atoms with van der Waals surface area (Å²) in [5, 5.41) is 0. The third-order valence-corrected chi connectivity index (χ3v) is 2.94. The molecule has 0 saturated carbocycles. The first-order valence-electron chi connectivity index (χ1n) is 5.53. The van der Waals surface area contributed by atoms with E-state index in [1.807, 2.05) is 20.0 Å². The standard InChI is InChI=1S/C12H21N3/c1-5-15(6-2)8-11-10(4)12(13)9(3)7-14-11/h7H,5-6,8H2,1-4H3,(H2,13,14). The molecule has 0 radical (unpaired) electrons. The van der Waals surface area contributed by atoms with Crippen LogP contribution in [0, 0.1) is 13.8 Å². The molecule has 84 valence electrons. The Labute approximate surface area is 92.3 Å². The normalized spacial score (nSPS) is 11.0. The number of hydrogen-bond acceptors (Lipinski definition) is 3. The van der Waals surface area contributed by atoms with Crippen molar-refractivity contribution in [3.63, 3.8) is 0 Å². The molecule has 0 unspecified atom stereocenters. The van der Waals surface area contributed by atoms with Gasteiger partial charge in [-0.15, -0.1) is 0 Å². The highest BCUT2D eigenvalue weighted by molar-refractivity contribution is 5.53. The Morgan fingerprint density at radius 3 is 2.40 bits per heavy atom. The Bertz CT molecular complexity index is 330. The third-order valence-electron chi connectivity index (χ3n) is 2.94. The minimum Gasteiger partial charge on any atom is -0.398 e. The quantitative estimate of drug-likeness (QED) is 0.822. The number of anilines is 1. The fourth-order valence-electron chi connectivity index (χ4n) is 1.61. The summed E-state index contributed by atoms with van der Waals surface area (Å²) in [7, 11) is 0. The molecule has 0 aliphatic heterocycles. The molecule has 0 aliphatic carbocycles. The minimum absolute atomic E-state index is 0.882. The first-order valence-corrected chi connectivity index (χ1v) is 5.53. The van der Waals surface area contributed by atoms with Crippen molar-refractivity contribution in [2.75, 3.05) is 18.8 Å². The highest BCUT2D eigenvalue weighted by Gasteiger charge is 2.08. The summed E-state index contributed by atoms with van der Waals surface area (Å²) >= 11 is 0. The molecule has 1 heterocycles. The van der Waals surface area contributed by atoms with Gasteiger partial charge in [0, 0.05) is 18.4 Å². The average Bonchev–Trinajstić information content (AvgIpc) is 2.25. The molecule has 0 aliphatic rings. The Hall–Kier alpha value is -1.09. The Morgan fingerprint density at radius 1 is 1.27 bits per heavy atom. The molecule has 3 nitrogen and oxygen atoms in total. The van der Waals surface area contributed by atoms with Crippen LogP contribution in [0.3, 0.4) is 0 Å². The third kappa shape index (κ3) is 2.69. The highest BCUT2D eigenvalue weighted by atomic mass is 15.1. The van der Waals surface area contributed by atoms with Gasteiger partial charge in [-0.25, -0.2) is 0 Å². The molecule has 0 fully saturated rings. The van der Waals surface area contributed by atoms with Crippen LogP contribution in [0.1, 0.15) is 30.7 Å². The van der Waals surface area contributed by atoms with E-state index in [2.05, 4.69) is 23.7 Å². The van der Waals surface area contributed by atoms with Crippen LogP contribution in [0.25, 0.3) is 0 Å². The topological polar surface area (TPSA) is 42.2 Å². The van der Waals surface area contributed by atoms with Gasteiger partial charge in [-0.2, -0.15) is 0 Å². The number of aryl methyl sites for hydroxylation is 1. The van der Waals surface area contributed by atoms with Crippen molar-refractivity contribution in [3.05, 3.63) is 23.0 Å².